The maximum Gasteiger partial charge on any atom is 0.240 e. The molecule has 0 fully saturated rings. The highest BCUT2D eigenvalue weighted by atomic mass is 19.3. The van der Waals surface area contributed by atoms with Gasteiger partial charge in [-0.1, -0.05) is 42.5 Å². The van der Waals surface area contributed by atoms with E-state index in [0.29, 0.717) is 6.61 Å². The molecule has 0 aliphatic carbocycles. The van der Waals surface area contributed by atoms with Crippen LogP contribution in [0.1, 0.15) is 34.7 Å². The quantitative estimate of drug-likeness (QED) is 0.850. The topological polar surface area (TPSA) is 35.2 Å². The lowest BCUT2D eigenvalue weighted by atomic mass is 9.99. The van der Waals surface area contributed by atoms with Crippen LogP contribution >= 0.6 is 0 Å². The summed E-state index contributed by atoms with van der Waals surface area (Å²) in [5.74, 6) is 0.789. The van der Waals surface area contributed by atoms with Gasteiger partial charge in [-0.2, -0.15) is 0 Å². The Bertz CT molecular complexity index is 591. The van der Waals surface area contributed by atoms with Crippen molar-refractivity contribution in [3.05, 3.63) is 64.7 Å². The number of nitrogens with two attached hydrogens (primary N) is 1. The standard InChI is InChI=1S/C18H21F2NO/c1-12-8-15(16(21)10-17(19)20)9-13(2)18(12)22-11-14-6-4-3-5-7-14/h3-9,16-17H,10-11,21H2,1-2H3/t16-/m0/s1. The van der Waals surface area contributed by atoms with Gasteiger partial charge in [-0.3, -0.25) is 0 Å². The second-order valence-corrected chi connectivity index (χ2v) is 5.49. The summed E-state index contributed by atoms with van der Waals surface area (Å²) < 4.78 is 30.8. The highest BCUT2D eigenvalue weighted by molar-refractivity contribution is 5.44. The van der Waals surface area contributed by atoms with E-state index >= 15 is 0 Å². The molecule has 2 aromatic carbocycles. The van der Waals surface area contributed by atoms with Crippen molar-refractivity contribution in [3.8, 4) is 5.75 Å². The molecule has 2 N–H and O–H groups in total. The van der Waals surface area contributed by atoms with E-state index < -0.39 is 12.5 Å². The first-order valence-corrected chi connectivity index (χ1v) is 7.29. The van der Waals surface area contributed by atoms with Crippen LogP contribution in [0.25, 0.3) is 0 Å². The number of alkyl halides is 2. The fraction of sp³-hybridized carbons (Fsp3) is 0.333. The van der Waals surface area contributed by atoms with E-state index in [1.807, 2.05) is 56.3 Å². The fourth-order valence-corrected chi connectivity index (χ4v) is 2.48. The molecule has 0 aliphatic heterocycles. The molecule has 0 saturated heterocycles. The molecule has 0 unspecified atom stereocenters. The zero-order valence-corrected chi connectivity index (χ0v) is 12.9. The van der Waals surface area contributed by atoms with Crippen molar-refractivity contribution < 1.29 is 13.5 Å². The molecule has 0 spiro atoms. The smallest absolute Gasteiger partial charge is 0.240 e. The molecule has 4 heteroatoms. The summed E-state index contributed by atoms with van der Waals surface area (Å²) in [5.41, 5.74) is 9.46. The van der Waals surface area contributed by atoms with Crippen LogP contribution in [-0.2, 0) is 6.61 Å². The van der Waals surface area contributed by atoms with Gasteiger partial charge >= 0.3 is 0 Å². The van der Waals surface area contributed by atoms with E-state index in [4.69, 9.17) is 10.5 Å². The van der Waals surface area contributed by atoms with Crippen LogP contribution in [0.5, 0.6) is 5.75 Å². The summed E-state index contributed by atoms with van der Waals surface area (Å²) in [5, 5.41) is 0. The van der Waals surface area contributed by atoms with E-state index in [0.717, 1.165) is 28.0 Å². The zero-order chi connectivity index (χ0) is 16.1. The first-order chi connectivity index (χ1) is 10.5. The lowest BCUT2D eigenvalue weighted by Gasteiger charge is -2.17. The van der Waals surface area contributed by atoms with E-state index in [-0.39, 0.29) is 6.42 Å². The number of aryl methyl sites for hydroxylation is 2. The number of halogens is 2. The van der Waals surface area contributed by atoms with Crippen LogP contribution in [0.15, 0.2) is 42.5 Å². The predicted molar refractivity (Wildman–Crippen MR) is 84.2 cm³/mol. The molecule has 0 saturated carbocycles. The van der Waals surface area contributed by atoms with E-state index in [1.54, 1.807) is 0 Å². The predicted octanol–water partition coefficient (Wildman–Crippen LogP) is 4.54. The van der Waals surface area contributed by atoms with Crippen LogP contribution in [0.3, 0.4) is 0 Å². The summed E-state index contributed by atoms with van der Waals surface area (Å²) in [4.78, 5) is 0. The molecule has 1 atom stereocenters. The van der Waals surface area contributed by atoms with Crippen molar-refractivity contribution in [1.29, 1.82) is 0 Å². The Labute approximate surface area is 129 Å². The number of hydrogen-bond donors (Lipinski definition) is 1. The van der Waals surface area contributed by atoms with E-state index in [9.17, 15) is 8.78 Å². The SMILES string of the molecule is Cc1cc([C@@H](N)CC(F)F)cc(C)c1OCc1ccccc1. The minimum atomic E-state index is -2.40. The summed E-state index contributed by atoms with van der Waals surface area (Å²) in [6.07, 6.45) is -2.73. The first kappa shape index (κ1) is 16.4. The first-order valence-electron chi connectivity index (χ1n) is 7.29. The minimum Gasteiger partial charge on any atom is -0.488 e. The van der Waals surface area contributed by atoms with E-state index in [1.165, 1.54) is 0 Å². The third-order valence-electron chi connectivity index (χ3n) is 3.57. The second-order valence-electron chi connectivity index (χ2n) is 5.49. The van der Waals surface area contributed by atoms with Gasteiger partial charge in [-0.25, -0.2) is 8.78 Å². The lowest BCUT2D eigenvalue weighted by molar-refractivity contribution is 0.128. The Morgan fingerprint density at radius 2 is 1.64 bits per heavy atom. The molecule has 0 heterocycles. The summed E-state index contributed by atoms with van der Waals surface area (Å²) in [6.45, 7) is 4.29. The van der Waals surface area contributed by atoms with Crippen LogP contribution in [-0.4, -0.2) is 6.43 Å². The molecule has 0 aliphatic rings. The molecule has 2 rings (SSSR count). The molecule has 2 aromatic rings. The monoisotopic (exact) mass is 305 g/mol. The van der Waals surface area contributed by atoms with Crippen molar-refractivity contribution in [1.82, 2.24) is 0 Å². The fourth-order valence-electron chi connectivity index (χ4n) is 2.48. The second kappa shape index (κ2) is 7.36. The van der Waals surface area contributed by atoms with Gasteiger partial charge < -0.3 is 10.5 Å². The minimum absolute atomic E-state index is 0.330. The van der Waals surface area contributed by atoms with Crippen LogP contribution in [0.4, 0.5) is 8.78 Å². The average Bonchev–Trinajstić information content (AvgIpc) is 2.46. The van der Waals surface area contributed by atoms with Gasteiger partial charge in [-0.05, 0) is 36.1 Å². The van der Waals surface area contributed by atoms with Gasteiger partial charge in [0.25, 0.3) is 0 Å². The third kappa shape index (κ3) is 4.28. The molecule has 0 amide bonds. The van der Waals surface area contributed by atoms with Gasteiger partial charge in [0.15, 0.2) is 0 Å². The highest BCUT2D eigenvalue weighted by Gasteiger charge is 2.15. The lowest BCUT2D eigenvalue weighted by Crippen LogP contribution is -2.14. The maximum atomic E-state index is 12.5. The van der Waals surface area contributed by atoms with Crippen LogP contribution < -0.4 is 10.5 Å². The van der Waals surface area contributed by atoms with Gasteiger partial charge in [0, 0.05) is 12.5 Å². The summed E-state index contributed by atoms with van der Waals surface area (Å²) in [7, 11) is 0. The zero-order valence-electron chi connectivity index (χ0n) is 12.9. The summed E-state index contributed by atoms with van der Waals surface area (Å²) in [6, 6.07) is 12.9. The van der Waals surface area contributed by atoms with E-state index in [2.05, 4.69) is 0 Å². The van der Waals surface area contributed by atoms with Crippen molar-refractivity contribution in [2.45, 2.75) is 39.3 Å². The van der Waals surface area contributed by atoms with Crippen molar-refractivity contribution >= 4 is 0 Å². The van der Waals surface area contributed by atoms with Gasteiger partial charge in [0.2, 0.25) is 6.43 Å². The largest absolute Gasteiger partial charge is 0.488 e. The Balaban J connectivity index is 2.13. The van der Waals surface area contributed by atoms with Crippen molar-refractivity contribution in [2.24, 2.45) is 5.73 Å². The third-order valence-corrected chi connectivity index (χ3v) is 3.57. The van der Waals surface area contributed by atoms with Crippen molar-refractivity contribution in [3.63, 3.8) is 0 Å². The Morgan fingerprint density at radius 1 is 1.05 bits per heavy atom. The molecule has 0 radical (unpaired) electrons. The molecule has 0 bridgehead atoms. The normalized spacial score (nSPS) is 12.5. The van der Waals surface area contributed by atoms with Crippen molar-refractivity contribution in [2.75, 3.05) is 0 Å². The Kier molecular flexibility index (Phi) is 5.50. The number of ether oxygens (including phenoxy) is 1. The van der Waals surface area contributed by atoms with Gasteiger partial charge in [0.1, 0.15) is 12.4 Å². The Morgan fingerprint density at radius 3 is 2.18 bits per heavy atom. The van der Waals surface area contributed by atoms with Gasteiger partial charge in [-0.15, -0.1) is 0 Å². The number of rotatable bonds is 6. The maximum absolute atomic E-state index is 12.5. The van der Waals surface area contributed by atoms with Crippen LogP contribution in [0, 0.1) is 13.8 Å². The Hall–Kier alpha value is -1.94. The molecular weight excluding hydrogens is 284 g/mol. The highest BCUT2D eigenvalue weighted by Crippen LogP contribution is 2.29. The van der Waals surface area contributed by atoms with Gasteiger partial charge in [0.05, 0.1) is 0 Å². The molecule has 118 valence electrons. The number of hydrogen-bond acceptors (Lipinski definition) is 2. The average molecular weight is 305 g/mol. The molecule has 2 nitrogen and oxygen atoms in total. The number of benzene rings is 2. The summed E-state index contributed by atoms with van der Waals surface area (Å²) >= 11 is 0. The van der Waals surface area contributed by atoms with Crippen LogP contribution in [0.2, 0.25) is 0 Å². The molecule has 22 heavy (non-hydrogen) atoms. The molecular formula is C18H21F2NO. The molecule has 0 aromatic heterocycles.